The summed E-state index contributed by atoms with van der Waals surface area (Å²) >= 11 is 0. The number of urea groups is 1. The molecule has 1 aromatic rings. The summed E-state index contributed by atoms with van der Waals surface area (Å²) in [5.41, 5.74) is 0.519. The average molecular weight is 429 g/mol. The first-order valence-electron chi connectivity index (χ1n) is 10.5. The normalized spacial score (nSPS) is 15.1. The van der Waals surface area contributed by atoms with E-state index in [9.17, 15) is 25.2 Å². The van der Waals surface area contributed by atoms with E-state index in [0.29, 0.717) is 18.0 Å². The number of benzene rings is 1. The standard InChI is InChI=1S/C21H36N2O7/c1-2-3-4-5-6-7-12-30-16-10-8-15(9-11-16)23-21(29)22-13-17(25)19(27)20(28)18(26)14-24/h8-11,17-20,24-28H,2-7,12-14H2,1H3,(H2,22,23,29)/t17-,18+,19+,20+/m0/s1. The highest BCUT2D eigenvalue weighted by Gasteiger charge is 2.30. The SMILES string of the molecule is CCCCCCCCOc1ccc(NC(=O)NC[C@H](O)[C@@H](O)[C@H](O)[C@H](O)CO)cc1. The van der Waals surface area contributed by atoms with Crippen molar-refractivity contribution in [3.05, 3.63) is 24.3 Å². The Bertz CT molecular complexity index is 585. The lowest BCUT2D eigenvalue weighted by atomic mass is 10.0. The van der Waals surface area contributed by atoms with E-state index in [2.05, 4.69) is 17.6 Å². The molecule has 0 aliphatic heterocycles. The summed E-state index contributed by atoms with van der Waals surface area (Å²) in [6.45, 7) is 1.72. The molecule has 0 aromatic heterocycles. The van der Waals surface area contributed by atoms with E-state index in [0.717, 1.165) is 12.8 Å². The summed E-state index contributed by atoms with van der Waals surface area (Å²) < 4.78 is 5.68. The van der Waals surface area contributed by atoms with Gasteiger partial charge in [0, 0.05) is 12.2 Å². The fourth-order valence-electron chi connectivity index (χ4n) is 2.76. The maximum absolute atomic E-state index is 11.9. The molecule has 1 aromatic carbocycles. The number of nitrogens with one attached hydrogen (secondary N) is 2. The zero-order valence-corrected chi connectivity index (χ0v) is 17.5. The molecule has 0 saturated carbocycles. The van der Waals surface area contributed by atoms with Crippen LogP contribution in [0.5, 0.6) is 5.75 Å². The zero-order chi connectivity index (χ0) is 22.4. The van der Waals surface area contributed by atoms with E-state index in [1.807, 2.05) is 0 Å². The van der Waals surface area contributed by atoms with E-state index >= 15 is 0 Å². The summed E-state index contributed by atoms with van der Waals surface area (Å²) in [5, 5.41) is 52.0. The monoisotopic (exact) mass is 428 g/mol. The van der Waals surface area contributed by atoms with Gasteiger partial charge < -0.3 is 40.9 Å². The van der Waals surface area contributed by atoms with Crippen LogP contribution in [0.2, 0.25) is 0 Å². The van der Waals surface area contributed by atoms with E-state index in [1.54, 1.807) is 24.3 Å². The van der Waals surface area contributed by atoms with Gasteiger partial charge in [-0.05, 0) is 30.7 Å². The fourth-order valence-corrected chi connectivity index (χ4v) is 2.76. The molecular weight excluding hydrogens is 392 g/mol. The minimum Gasteiger partial charge on any atom is -0.494 e. The number of anilines is 1. The molecule has 7 N–H and O–H groups in total. The highest BCUT2D eigenvalue weighted by atomic mass is 16.5. The predicted molar refractivity (Wildman–Crippen MR) is 113 cm³/mol. The smallest absolute Gasteiger partial charge is 0.319 e. The summed E-state index contributed by atoms with van der Waals surface area (Å²) in [4.78, 5) is 11.9. The van der Waals surface area contributed by atoms with Crippen molar-refractivity contribution in [2.45, 2.75) is 69.9 Å². The molecule has 1 rings (SSSR count). The Balaban J connectivity index is 2.29. The van der Waals surface area contributed by atoms with Gasteiger partial charge >= 0.3 is 6.03 Å². The Morgan fingerprint density at radius 1 is 0.933 bits per heavy atom. The van der Waals surface area contributed by atoms with E-state index in [1.165, 1.54) is 25.7 Å². The van der Waals surface area contributed by atoms with Crippen molar-refractivity contribution in [2.75, 3.05) is 25.1 Å². The Hall–Kier alpha value is -1.91. The van der Waals surface area contributed by atoms with Crippen molar-refractivity contribution < 1.29 is 35.1 Å². The fraction of sp³-hybridized carbons (Fsp3) is 0.667. The van der Waals surface area contributed by atoms with E-state index in [-0.39, 0.29) is 6.54 Å². The summed E-state index contributed by atoms with van der Waals surface area (Å²) in [7, 11) is 0. The molecule has 0 aliphatic rings. The lowest BCUT2D eigenvalue weighted by molar-refractivity contribution is -0.113. The maximum Gasteiger partial charge on any atom is 0.319 e. The molecule has 0 saturated heterocycles. The third-order valence-corrected chi connectivity index (χ3v) is 4.68. The molecule has 172 valence electrons. The lowest BCUT2D eigenvalue weighted by Crippen LogP contribution is -2.50. The number of hydrogen-bond donors (Lipinski definition) is 7. The van der Waals surface area contributed by atoms with Gasteiger partial charge in [-0.2, -0.15) is 0 Å². The first kappa shape index (κ1) is 26.1. The van der Waals surface area contributed by atoms with Crippen molar-refractivity contribution in [3.8, 4) is 5.75 Å². The van der Waals surface area contributed by atoms with Crippen LogP contribution < -0.4 is 15.4 Å². The van der Waals surface area contributed by atoms with Gasteiger partial charge in [-0.1, -0.05) is 39.0 Å². The number of unbranched alkanes of at least 4 members (excludes halogenated alkanes) is 5. The predicted octanol–water partition coefficient (Wildman–Crippen LogP) is 0.983. The third-order valence-electron chi connectivity index (χ3n) is 4.68. The molecule has 0 bridgehead atoms. The van der Waals surface area contributed by atoms with Gasteiger partial charge in [0.05, 0.1) is 19.3 Å². The van der Waals surface area contributed by atoms with Crippen LogP contribution in [0.15, 0.2) is 24.3 Å². The van der Waals surface area contributed by atoms with Crippen molar-refractivity contribution in [1.29, 1.82) is 0 Å². The maximum atomic E-state index is 11.9. The van der Waals surface area contributed by atoms with Crippen molar-refractivity contribution >= 4 is 11.7 Å². The molecular formula is C21H36N2O7. The van der Waals surface area contributed by atoms with Crippen molar-refractivity contribution in [1.82, 2.24) is 5.32 Å². The molecule has 0 radical (unpaired) electrons. The van der Waals surface area contributed by atoms with Crippen molar-refractivity contribution in [2.24, 2.45) is 0 Å². The molecule has 0 heterocycles. The number of rotatable bonds is 15. The van der Waals surface area contributed by atoms with Crippen LogP contribution in [0.1, 0.15) is 45.4 Å². The highest BCUT2D eigenvalue weighted by Crippen LogP contribution is 2.16. The minimum absolute atomic E-state index is 0.359. The second-order valence-electron chi connectivity index (χ2n) is 7.27. The Kier molecular flexibility index (Phi) is 13.0. The lowest BCUT2D eigenvalue weighted by Gasteiger charge is -2.25. The molecule has 9 heteroatoms. The summed E-state index contributed by atoms with van der Waals surface area (Å²) in [6.07, 6.45) is 0.569. The summed E-state index contributed by atoms with van der Waals surface area (Å²) in [5.74, 6) is 0.712. The molecule has 2 amide bonds. The molecule has 30 heavy (non-hydrogen) atoms. The van der Waals surface area contributed by atoms with Crippen LogP contribution in [-0.4, -0.2) is 75.7 Å². The number of carbonyl (C=O) groups is 1. The van der Waals surface area contributed by atoms with Gasteiger partial charge in [0.25, 0.3) is 0 Å². The zero-order valence-electron chi connectivity index (χ0n) is 17.5. The average Bonchev–Trinajstić information content (AvgIpc) is 2.76. The highest BCUT2D eigenvalue weighted by molar-refractivity contribution is 5.89. The summed E-state index contributed by atoms with van der Waals surface area (Å²) in [6, 6.07) is 6.25. The number of ether oxygens (including phenoxy) is 1. The van der Waals surface area contributed by atoms with Crippen LogP contribution in [0.4, 0.5) is 10.5 Å². The van der Waals surface area contributed by atoms with E-state index in [4.69, 9.17) is 9.84 Å². The van der Waals surface area contributed by atoms with Crippen LogP contribution in [0.25, 0.3) is 0 Å². The van der Waals surface area contributed by atoms with Crippen LogP contribution in [0, 0.1) is 0 Å². The first-order chi connectivity index (χ1) is 14.4. The largest absolute Gasteiger partial charge is 0.494 e. The molecule has 9 nitrogen and oxygen atoms in total. The topological polar surface area (TPSA) is 152 Å². The Morgan fingerprint density at radius 2 is 1.53 bits per heavy atom. The molecule has 0 unspecified atom stereocenters. The quantitative estimate of drug-likeness (QED) is 0.206. The number of carbonyl (C=O) groups excluding carboxylic acids is 1. The molecule has 4 atom stereocenters. The third kappa shape index (κ3) is 10.2. The van der Waals surface area contributed by atoms with Crippen LogP contribution >= 0.6 is 0 Å². The van der Waals surface area contributed by atoms with Crippen LogP contribution in [0.3, 0.4) is 0 Å². The van der Waals surface area contributed by atoms with Gasteiger partial charge in [-0.15, -0.1) is 0 Å². The molecule has 0 aliphatic carbocycles. The Morgan fingerprint density at radius 3 is 2.17 bits per heavy atom. The van der Waals surface area contributed by atoms with Gasteiger partial charge in [-0.3, -0.25) is 0 Å². The van der Waals surface area contributed by atoms with Gasteiger partial charge in [0.1, 0.15) is 24.1 Å². The molecule has 0 spiro atoms. The number of amides is 2. The van der Waals surface area contributed by atoms with E-state index < -0.39 is 37.1 Å². The number of hydrogen-bond acceptors (Lipinski definition) is 7. The van der Waals surface area contributed by atoms with Gasteiger partial charge in [0.15, 0.2) is 0 Å². The van der Waals surface area contributed by atoms with Gasteiger partial charge in [0.2, 0.25) is 0 Å². The molecule has 0 fully saturated rings. The van der Waals surface area contributed by atoms with Crippen molar-refractivity contribution in [3.63, 3.8) is 0 Å². The Labute approximate surface area is 177 Å². The second-order valence-corrected chi connectivity index (χ2v) is 7.27. The number of aliphatic hydroxyl groups is 5. The minimum atomic E-state index is -1.74. The van der Waals surface area contributed by atoms with Gasteiger partial charge in [-0.25, -0.2) is 4.79 Å². The number of aliphatic hydroxyl groups excluding tert-OH is 5. The second kappa shape index (κ2) is 15.0. The van der Waals surface area contributed by atoms with Crippen LogP contribution in [-0.2, 0) is 0 Å². The first-order valence-corrected chi connectivity index (χ1v) is 10.5.